The van der Waals surface area contributed by atoms with Crippen LogP contribution < -0.4 is 14.4 Å². The maximum Gasteiger partial charge on any atom is 0.278 e. The van der Waals surface area contributed by atoms with Crippen LogP contribution in [-0.4, -0.2) is 12.0 Å². The molecule has 1 aliphatic heterocycles. The molecular weight excluding hydrogens is 344 g/mol. The van der Waals surface area contributed by atoms with Crippen LogP contribution in [0.25, 0.3) is 0 Å². The van der Waals surface area contributed by atoms with Gasteiger partial charge in [-0.15, -0.1) is 0 Å². The number of nitro groups is 1. The van der Waals surface area contributed by atoms with Gasteiger partial charge in [-0.25, -0.2) is 0 Å². The average Bonchev–Trinajstić information content (AvgIpc) is 2.73. The molecule has 0 saturated carbocycles. The summed E-state index contributed by atoms with van der Waals surface area (Å²) in [5, 5.41) is 11.6. The van der Waals surface area contributed by atoms with E-state index in [-0.39, 0.29) is 10.6 Å². The molecule has 0 aliphatic carbocycles. The van der Waals surface area contributed by atoms with E-state index in [0.29, 0.717) is 12.1 Å². The maximum atomic E-state index is 11.6. The Morgan fingerprint density at radius 1 is 1.04 bits per heavy atom. The minimum absolute atomic E-state index is 0.0420. The molecule has 1 aliphatic rings. The van der Waals surface area contributed by atoms with Gasteiger partial charge in [-0.1, -0.05) is 30.3 Å². The van der Waals surface area contributed by atoms with Gasteiger partial charge in [-0.2, -0.15) is 0 Å². The summed E-state index contributed by atoms with van der Waals surface area (Å²) < 4.78 is 11.5. The lowest BCUT2D eigenvalue weighted by Crippen LogP contribution is -2.36. The van der Waals surface area contributed by atoms with E-state index in [2.05, 4.69) is 0 Å². The number of ether oxygens (including phenoxy) is 2. The van der Waals surface area contributed by atoms with Gasteiger partial charge < -0.3 is 14.4 Å². The van der Waals surface area contributed by atoms with Crippen LogP contribution in [0.3, 0.4) is 0 Å². The van der Waals surface area contributed by atoms with E-state index >= 15 is 0 Å². The molecule has 0 fully saturated rings. The SMILES string of the molecule is COc1ccc(N2Cc3ccccc3OC2c2ccccc2[N+](=O)[O-])cc1. The molecule has 1 atom stereocenters. The number of nitro benzene ring substituents is 1. The standard InChI is InChI=1S/C21H18N2O4/c1-26-17-12-10-16(11-13-17)22-14-15-6-2-5-9-20(15)27-21(22)18-7-3-4-8-19(18)23(24)25/h2-13,21H,14H2,1H3. The van der Waals surface area contributed by atoms with Crippen molar-refractivity contribution in [1.82, 2.24) is 0 Å². The van der Waals surface area contributed by atoms with Crippen molar-refractivity contribution in [3.05, 3.63) is 94.0 Å². The summed E-state index contributed by atoms with van der Waals surface area (Å²) in [5.74, 6) is 1.49. The molecule has 136 valence electrons. The zero-order chi connectivity index (χ0) is 18.8. The van der Waals surface area contributed by atoms with Gasteiger partial charge in [0.05, 0.1) is 24.1 Å². The number of anilines is 1. The zero-order valence-electron chi connectivity index (χ0n) is 14.7. The van der Waals surface area contributed by atoms with Gasteiger partial charge in [0.1, 0.15) is 11.5 Å². The number of methoxy groups -OCH3 is 1. The highest BCUT2D eigenvalue weighted by Crippen LogP contribution is 2.41. The Hall–Kier alpha value is -3.54. The molecular formula is C21H18N2O4. The maximum absolute atomic E-state index is 11.6. The Balaban J connectivity index is 1.82. The molecule has 0 amide bonds. The molecule has 1 unspecified atom stereocenters. The molecule has 0 saturated heterocycles. The molecule has 6 nitrogen and oxygen atoms in total. The Morgan fingerprint density at radius 3 is 2.48 bits per heavy atom. The van der Waals surface area contributed by atoms with Crippen molar-refractivity contribution in [2.24, 2.45) is 0 Å². The van der Waals surface area contributed by atoms with Crippen LogP contribution >= 0.6 is 0 Å². The summed E-state index contributed by atoms with van der Waals surface area (Å²) in [6, 6.07) is 22.0. The second-order valence-corrected chi connectivity index (χ2v) is 6.22. The third kappa shape index (κ3) is 3.17. The fourth-order valence-corrected chi connectivity index (χ4v) is 3.29. The number of fused-ring (bicyclic) bond motifs is 1. The molecule has 27 heavy (non-hydrogen) atoms. The van der Waals surface area contributed by atoms with E-state index in [4.69, 9.17) is 9.47 Å². The second kappa shape index (κ2) is 6.99. The van der Waals surface area contributed by atoms with Gasteiger partial charge in [0.15, 0.2) is 0 Å². The van der Waals surface area contributed by atoms with Gasteiger partial charge in [-0.3, -0.25) is 10.1 Å². The molecule has 6 heteroatoms. The largest absolute Gasteiger partial charge is 0.497 e. The molecule has 0 radical (unpaired) electrons. The molecule has 0 spiro atoms. The molecule has 0 aromatic heterocycles. The van der Waals surface area contributed by atoms with Crippen LogP contribution in [0.4, 0.5) is 11.4 Å². The molecule has 1 heterocycles. The minimum Gasteiger partial charge on any atom is -0.497 e. The third-order valence-electron chi connectivity index (χ3n) is 4.64. The van der Waals surface area contributed by atoms with E-state index in [1.54, 1.807) is 25.3 Å². The number of benzene rings is 3. The normalized spacial score (nSPS) is 15.6. The van der Waals surface area contributed by atoms with E-state index in [9.17, 15) is 10.1 Å². The van der Waals surface area contributed by atoms with Crippen molar-refractivity contribution in [3.63, 3.8) is 0 Å². The lowest BCUT2D eigenvalue weighted by atomic mass is 10.1. The first-order valence-electron chi connectivity index (χ1n) is 8.56. The number of hydrogen-bond acceptors (Lipinski definition) is 5. The van der Waals surface area contributed by atoms with Crippen LogP contribution in [0.15, 0.2) is 72.8 Å². The number of nitrogens with zero attached hydrogens (tertiary/aromatic N) is 2. The van der Waals surface area contributed by atoms with Crippen LogP contribution in [0.2, 0.25) is 0 Å². The lowest BCUT2D eigenvalue weighted by molar-refractivity contribution is -0.386. The monoisotopic (exact) mass is 362 g/mol. The fraction of sp³-hybridized carbons (Fsp3) is 0.143. The number of hydrogen-bond donors (Lipinski definition) is 0. The van der Waals surface area contributed by atoms with Crippen molar-refractivity contribution >= 4 is 11.4 Å². The highest BCUT2D eigenvalue weighted by molar-refractivity contribution is 5.56. The first-order valence-corrected chi connectivity index (χ1v) is 8.56. The number of para-hydroxylation sites is 2. The summed E-state index contributed by atoms with van der Waals surface area (Å²) in [5.41, 5.74) is 2.49. The zero-order valence-corrected chi connectivity index (χ0v) is 14.7. The van der Waals surface area contributed by atoms with Gasteiger partial charge >= 0.3 is 0 Å². The van der Waals surface area contributed by atoms with Crippen molar-refractivity contribution in [2.75, 3.05) is 12.0 Å². The predicted molar refractivity (Wildman–Crippen MR) is 102 cm³/mol. The first-order chi connectivity index (χ1) is 13.2. The van der Waals surface area contributed by atoms with Crippen molar-refractivity contribution < 1.29 is 14.4 Å². The Bertz CT molecular complexity index is 972. The van der Waals surface area contributed by atoms with Gasteiger partial charge in [0.2, 0.25) is 6.23 Å². The quantitative estimate of drug-likeness (QED) is 0.497. The topological polar surface area (TPSA) is 64.8 Å². The van der Waals surface area contributed by atoms with Crippen LogP contribution in [0.5, 0.6) is 11.5 Å². The third-order valence-corrected chi connectivity index (χ3v) is 4.64. The highest BCUT2D eigenvalue weighted by atomic mass is 16.6. The number of rotatable bonds is 4. The van der Waals surface area contributed by atoms with Gasteiger partial charge in [-0.05, 0) is 36.4 Å². The summed E-state index contributed by atoms with van der Waals surface area (Å²) in [7, 11) is 1.62. The second-order valence-electron chi connectivity index (χ2n) is 6.22. The van der Waals surface area contributed by atoms with Crippen LogP contribution in [-0.2, 0) is 6.54 Å². The molecule has 3 aromatic carbocycles. The fourth-order valence-electron chi connectivity index (χ4n) is 3.29. The molecule has 4 rings (SSSR count). The van der Waals surface area contributed by atoms with Gasteiger partial charge in [0.25, 0.3) is 5.69 Å². The minimum atomic E-state index is -0.602. The van der Waals surface area contributed by atoms with Crippen molar-refractivity contribution in [2.45, 2.75) is 12.8 Å². The Kier molecular flexibility index (Phi) is 4.38. The Labute approximate surface area is 156 Å². The summed E-state index contributed by atoms with van der Waals surface area (Å²) in [6.45, 7) is 0.583. The lowest BCUT2D eigenvalue weighted by Gasteiger charge is -2.38. The van der Waals surface area contributed by atoms with Crippen molar-refractivity contribution in [1.29, 1.82) is 0 Å². The average molecular weight is 362 g/mol. The smallest absolute Gasteiger partial charge is 0.278 e. The van der Waals surface area contributed by atoms with E-state index < -0.39 is 6.23 Å². The Morgan fingerprint density at radius 2 is 1.74 bits per heavy atom. The molecule has 0 N–H and O–H groups in total. The van der Waals surface area contributed by atoms with E-state index in [1.807, 2.05) is 53.4 Å². The van der Waals surface area contributed by atoms with Crippen molar-refractivity contribution in [3.8, 4) is 11.5 Å². The van der Waals surface area contributed by atoms with Crippen LogP contribution in [0, 0.1) is 10.1 Å². The summed E-state index contributed by atoms with van der Waals surface area (Å²) in [4.78, 5) is 13.2. The molecule has 3 aromatic rings. The predicted octanol–water partition coefficient (Wildman–Crippen LogP) is 4.70. The van der Waals surface area contributed by atoms with Gasteiger partial charge in [0, 0.05) is 17.3 Å². The van der Waals surface area contributed by atoms with E-state index in [0.717, 1.165) is 22.7 Å². The van der Waals surface area contributed by atoms with Crippen LogP contribution in [0.1, 0.15) is 17.4 Å². The first kappa shape index (κ1) is 16.9. The molecule has 0 bridgehead atoms. The summed E-state index contributed by atoms with van der Waals surface area (Å²) >= 11 is 0. The highest BCUT2D eigenvalue weighted by Gasteiger charge is 2.33. The summed E-state index contributed by atoms with van der Waals surface area (Å²) in [6.07, 6.45) is -0.602. The van der Waals surface area contributed by atoms with E-state index in [1.165, 1.54) is 6.07 Å².